The van der Waals surface area contributed by atoms with E-state index in [2.05, 4.69) is 5.32 Å². The molecular formula is C21H25ClN2O4S. The zero-order valence-corrected chi connectivity index (χ0v) is 18.1. The van der Waals surface area contributed by atoms with Gasteiger partial charge in [0.15, 0.2) is 0 Å². The van der Waals surface area contributed by atoms with Crippen LogP contribution in [-0.4, -0.2) is 38.3 Å². The summed E-state index contributed by atoms with van der Waals surface area (Å²) in [7, 11) is -2.15. The third-order valence-electron chi connectivity index (χ3n) is 5.06. The number of rotatable bonds is 6. The molecule has 2 aromatic rings. The molecule has 1 saturated heterocycles. The van der Waals surface area contributed by atoms with Crippen molar-refractivity contribution < 1.29 is 17.9 Å². The van der Waals surface area contributed by atoms with Gasteiger partial charge in [-0.2, -0.15) is 4.31 Å². The summed E-state index contributed by atoms with van der Waals surface area (Å²) in [5, 5.41) is 3.27. The highest BCUT2D eigenvalue weighted by Gasteiger charge is 2.34. The highest BCUT2D eigenvalue weighted by atomic mass is 35.5. The van der Waals surface area contributed by atoms with Crippen molar-refractivity contribution in [1.29, 1.82) is 0 Å². The number of hydrogen-bond donors (Lipinski definition) is 1. The van der Waals surface area contributed by atoms with Crippen molar-refractivity contribution in [1.82, 2.24) is 4.31 Å². The van der Waals surface area contributed by atoms with Crippen LogP contribution in [0.15, 0.2) is 47.4 Å². The fourth-order valence-corrected chi connectivity index (χ4v) is 5.40. The van der Waals surface area contributed by atoms with Gasteiger partial charge >= 0.3 is 0 Å². The third-order valence-corrected chi connectivity index (χ3v) is 7.26. The minimum absolute atomic E-state index is 0.0702. The van der Waals surface area contributed by atoms with Crippen LogP contribution in [0.3, 0.4) is 0 Å². The zero-order valence-electron chi connectivity index (χ0n) is 16.5. The molecule has 1 aliphatic rings. The van der Waals surface area contributed by atoms with Gasteiger partial charge in [0, 0.05) is 24.0 Å². The monoisotopic (exact) mass is 436 g/mol. The van der Waals surface area contributed by atoms with Gasteiger partial charge in [-0.1, -0.05) is 35.7 Å². The molecule has 156 valence electrons. The number of sulfonamides is 1. The Bertz CT molecular complexity index is 977. The first-order chi connectivity index (χ1) is 13.8. The number of nitrogens with one attached hydrogen (secondary N) is 1. The maximum Gasteiger partial charge on any atom is 0.243 e. The predicted octanol–water partition coefficient (Wildman–Crippen LogP) is 4.23. The molecule has 0 spiro atoms. The summed E-state index contributed by atoms with van der Waals surface area (Å²) in [6.45, 7) is 2.32. The van der Waals surface area contributed by atoms with E-state index in [1.807, 2.05) is 6.92 Å². The van der Waals surface area contributed by atoms with Crippen LogP contribution in [0.4, 0.5) is 5.69 Å². The lowest BCUT2D eigenvalue weighted by Gasteiger charge is -2.34. The molecular weight excluding hydrogens is 412 g/mol. The Kier molecular flexibility index (Phi) is 6.82. The lowest BCUT2D eigenvalue weighted by molar-refractivity contribution is -0.117. The second-order valence-corrected chi connectivity index (χ2v) is 9.50. The summed E-state index contributed by atoms with van der Waals surface area (Å²) in [4.78, 5) is 12.9. The van der Waals surface area contributed by atoms with Crippen LogP contribution < -0.4 is 10.1 Å². The smallest absolute Gasteiger partial charge is 0.243 e. The molecule has 1 aliphatic heterocycles. The number of ether oxygens (including phenoxy) is 1. The number of methoxy groups -OCH3 is 1. The Morgan fingerprint density at radius 1 is 1.21 bits per heavy atom. The molecule has 1 N–H and O–H groups in total. The number of nitrogens with zero attached hydrogens (tertiary/aromatic N) is 1. The van der Waals surface area contributed by atoms with Crippen LogP contribution in [-0.2, 0) is 14.8 Å². The maximum absolute atomic E-state index is 13.2. The summed E-state index contributed by atoms with van der Waals surface area (Å²) in [5.41, 5.74) is 1.46. The van der Waals surface area contributed by atoms with E-state index in [4.69, 9.17) is 16.3 Å². The van der Waals surface area contributed by atoms with Crippen LogP contribution in [0.25, 0.3) is 0 Å². The summed E-state index contributed by atoms with van der Waals surface area (Å²) in [6.07, 6.45) is 2.38. The van der Waals surface area contributed by atoms with Crippen molar-refractivity contribution in [3.63, 3.8) is 0 Å². The van der Waals surface area contributed by atoms with E-state index in [1.54, 1.807) is 42.5 Å². The van der Waals surface area contributed by atoms with Crippen LogP contribution in [0.5, 0.6) is 5.75 Å². The van der Waals surface area contributed by atoms with Gasteiger partial charge < -0.3 is 10.1 Å². The molecule has 1 fully saturated rings. The number of benzene rings is 2. The Morgan fingerprint density at radius 2 is 1.93 bits per heavy atom. The molecule has 1 atom stereocenters. The van der Waals surface area contributed by atoms with Gasteiger partial charge in [-0.3, -0.25) is 4.79 Å². The molecule has 0 aliphatic carbocycles. The van der Waals surface area contributed by atoms with Crippen LogP contribution in [0.2, 0.25) is 5.02 Å². The fraction of sp³-hybridized carbons (Fsp3) is 0.381. The van der Waals surface area contributed by atoms with Gasteiger partial charge in [0.2, 0.25) is 15.9 Å². The van der Waals surface area contributed by atoms with Crippen molar-refractivity contribution in [2.75, 3.05) is 19.0 Å². The van der Waals surface area contributed by atoms with Crippen molar-refractivity contribution in [3.05, 3.63) is 53.1 Å². The standard InChI is InChI=1S/C21H25ClN2O4S/c1-15-6-9-18(10-7-15)29(26,27)24-12-4-3-5-17(24)14-21(25)23-19-13-16(22)8-11-20(19)28-2/h6-11,13,17H,3-5,12,14H2,1-2H3,(H,23,25)/t17-/m1/s1. The number of amides is 1. The second kappa shape index (κ2) is 9.15. The number of aryl methyl sites for hydroxylation is 1. The van der Waals surface area contributed by atoms with Crippen LogP contribution in [0, 0.1) is 6.92 Å². The minimum atomic E-state index is -3.66. The topological polar surface area (TPSA) is 75.7 Å². The fourth-order valence-electron chi connectivity index (χ4n) is 3.53. The maximum atomic E-state index is 13.2. The average Bonchev–Trinajstić information content (AvgIpc) is 2.69. The largest absolute Gasteiger partial charge is 0.495 e. The predicted molar refractivity (Wildman–Crippen MR) is 114 cm³/mol. The molecule has 8 heteroatoms. The van der Waals surface area contributed by atoms with E-state index >= 15 is 0 Å². The quantitative estimate of drug-likeness (QED) is 0.735. The molecule has 2 aromatic carbocycles. The molecule has 6 nitrogen and oxygen atoms in total. The SMILES string of the molecule is COc1ccc(Cl)cc1NC(=O)C[C@H]1CCCCN1S(=O)(=O)c1ccc(C)cc1. The third kappa shape index (κ3) is 5.10. The highest BCUT2D eigenvalue weighted by molar-refractivity contribution is 7.89. The first-order valence-corrected chi connectivity index (χ1v) is 11.3. The van der Waals surface area contributed by atoms with E-state index in [1.165, 1.54) is 11.4 Å². The number of piperidine rings is 1. The van der Waals surface area contributed by atoms with Gasteiger partial charge in [-0.05, 0) is 50.1 Å². The van der Waals surface area contributed by atoms with E-state index < -0.39 is 10.0 Å². The van der Waals surface area contributed by atoms with Gasteiger partial charge in [0.25, 0.3) is 0 Å². The van der Waals surface area contributed by atoms with Crippen molar-refractivity contribution in [2.45, 2.75) is 43.5 Å². The number of halogens is 1. The van der Waals surface area contributed by atoms with E-state index in [0.717, 1.165) is 18.4 Å². The van der Waals surface area contributed by atoms with Crippen molar-refractivity contribution in [3.8, 4) is 5.75 Å². The van der Waals surface area contributed by atoms with Gasteiger partial charge in [0.1, 0.15) is 5.75 Å². The van der Waals surface area contributed by atoms with E-state index in [-0.39, 0.29) is 23.3 Å². The van der Waals surface area contributed by atoms with Gasteiger partial charge in [-0.25, -0.2) is 8.42 Å². The normalized spacial score (nSPS) is 17.7. The van der Waals surface area contributed by atoms with Crippen LogP contribution >= 0.6 is 11.6 Å². The number of carbonyl (C=O) groups is 1. The first-order valence-electron chi connectivity index (χ1n) is 9.53. The lowest BCUT2D eigenvalue weighted by Crippen LogP contribution is -2.45. The Morgan fingerprint density at radius 3 is 2.62 bits per heavy atom. The first kappa shape index (κ1) is 21.6. The van der Waals surface area contributed by atoms with Gasteiger partial charge in [-0.15, -0.1) is 0 Å². The highest BCUT2D eigenvalue weighted by Crippen LogP contribution is 2.30. The minimum Gasteiger partial charge on any atom is -0.495 e. The summed E-state index contributed by atoms with van der Waals surface area (Å²) < 4.78 is 33.0. The number of carbonyl (C=O) groups excluding carboxylic acids is 1. The number of hydrogen-bond acceptors (Lipinski definition) is 4. The summed E-state index contributed by atoms with van der Waals surface area (Å²) >= 11 is 6.02. The van der Waals surface area contributed by atoms with Gasteiger partial charge in [0.05, 0.1) is 17.7 Å². The second-order valence-electron chi connectivity index (χ2n) is 7.18. The lowest BCUT2D eigenvalue weighted by atomic mass is 10.0. The molecule has 0 aromatic heterocycles. The zero-order chi connectivity index (χ0) is 21.0. The molecule has 0 saturated carbocycles. The Balaban J connectivity index is 1.77. The molecule has 0 bridgehead atoms. The molecule has 0 radical (unpaired) electrons. The number of anilines is 1. The molecule has 0 unspecified atom stereocenters. The molecule has 29 heavy (non-hydrogen) atoms. The van der Waals surface area contributed by atoms with Crippen molar-refractivity contribution >= 4 is 33.2 Å². The van der Waals surface area contributed by atoms with Crippen molar-refractivity contribution in [2.24, 2.45) is 0 Å². The molecule has 3 rings (SSSR count). The molecule has 1 heterocycles. The summed E-state index contributed by atoms with van der Waals surface area (Å²) in [6, 6.07) is 11.4. The van der Waals surface area contributed by atoms with E-state index in [9.17, 15) is 13.2 Å². The Labute approximate surface area is 176 Å². The van der Waals surface area contributed by atoms with E-state index in [0.29, 0.717) is 29.4 Å². The summed E-state index contributed by atoms with van der Waals surface area (Å²) in [5.74, 6) is 0.220. The Hall–Kier alpha value is -2.09. The van der Waals surface area contributed by atoms with Crippen LogP contribution in [0.1, 0.15) is 31.2 Å². The molecule has 1 amide bonds. The average molecular weight is 437 g/mol.